The molecule has 0 saturated heterocycles. The average Bonchev–Trinajstić information content (AvgIpc) is 3.05. The number of aryl methyl sites for hydroxylation is 1. The molecule has 21 heavy (non-hydrogen) atoms. The molecular formula is C12H14ClFN6O. The van der Waals surface area contributed by atoms with E-state index in [2.05, 4.69) is 20.7 Å². The van der Waals surface area contributed by atoms with Crippen LogP contribution in [-0.2, 0) is 11.3 Å². The summed E-state index contributed by atoms with van der Waals surface area (Å²) in [5.41, 5.74) is 2.52. The van der Waals surface area contributed by atoms with Crippen molar-refractivity contribution >= 4 is 23.7 Å². The SMILES string of the molecule is CCn1ncc(/C=N\NC(=O)[C@H](C)n2cc(Cl)cn2)c1F. The maximum atomic E-state index is 13.7. The predicted molar refractivity (Wildman–Crippen MR) is 75.5 cm³/mol. The Kier molecular flexibility index (Phi) is 4.69. The Morgan fingerprint density at radius 2 is 2.33 bits per heavy atom. The molecule has 0 aliphatic heterocycles. The molecule has 7 nitrogen and oxygen atoms in total. The molecule has 0 bridgehead atoms. The number of carbonyl (C=O) groups excluding carboxylic acids is 1. The summed E-state index contributed by atoms with van der Waals surface area (Å²) in [6.45, 7) is 3.84. The van der Waals surface area contributed by atoms with Crippen molar-refractivity contribution in [1.29, 1.82) is 0 Å². The van der Waals surface area contributed by atoms with E-state index < -0.39 is 17.9 Å². The second kappa shape index (κ2) is 6.49. The normalized spacial score (nSPS) is 12.8. The number of rotatable bonds is 5. The number of nitrogens with one attached hydrogen (secondary N) is 1. The molecule has 2 rings (SSSR count). The molecule has 0 aliphatic carbocycles. The van der Waals surface area contributed by atoms with E-state index in [1.165, 1.54) is 34.2 Å². The number of nitrogens with zero attached hydrogens (tertiary/aromatic N) is 5. The van der Waals surface area contributed by atoms with Crippen LogP contribution in [0.2, 0.25) is 5.02 Å². The molecule has 112 valence electrons. The van der Waals surface area contributed by atoms with Gasteiger partial charge < -0.3 is 0 Å². The van der Waals surface area contributed by atoms with Gasteiger partial charge in [0, 0.05) is 12.7 Å². The maximum Gasteiger partial charge on any atom is 0.264 e. The van der Waals surface area contributed by atoms with Crippen molar-refractivity contribution in [3.8, 4) is 0 Å². The van der Waals surface area contributed by atoms with Gasteiger partial charge in [-0.3, -0.25) is 9.48 Å². The van der Waals surface area contributed by atoms with E-state index in [0.29, 0.717) is 11.6 Å². The summed E-state index contributed by atoms with van der Waals surface area (Å²) < 4.78 is 16.2. The zero-order valence-electron chi connectivity index (χ0n) is 11.5. The molecular weight excluding hydrogens is 299 g/mol. The van der Waals surface area contributed by atoms with E-state index >= 15 is 0 Å². The summed E-state index contributed by atoms with van der Waals surface area (Å²) >= 11 is 5.73. The van der Waals surface area contributed by atoms with Crippen molar-refractivity contribution in [3.63, 3.8) is 0 Å². The topological polar surface area (TPSA) is 77.1 Å². The highest BCUT2D eigenvalue weighted by atomic mass is 35.5. The van der Waals surface area contributed by atoms with Gasteiger partial charge in [-0.1, -0.05) is 11.6 Å². The van der Waals surface area contributed by atoms with Crippen molar-refractivity contribution in [2.45, 2.75) is 26.4 Å². The lowest BCUT2D eigenvalue weighted by atomic mass is 10.3. The molecule has 0 fully saturated rings. The van der Waals surface area contributed by atoms with Gasteiger partial charge in [-0.25, -0.2) is 10.1 Å². The molecule has 0 aromatic carbocycles. The highest BCUT2D eigenvalue weighted by Gasteiger charge is 2.15. The first kappa shape index (κ1) is 15.2. The van der Waals surface area contributed by atoms with Gasteiger partial charge in [0.15, 0.2) is 0 Å². The third kappa shape index (κ3) is 3.46. The Hall–Kier alpha value is -2.22. The molecule has 2 heterocycles. The van der Waals surface area contributed by atoms with Gasteiger partial charge in [0.1, 0.15) is 6.04 Å². The minimum absolute atomic E-state index is 0.201. The number of hydrazone groups is 1. The number of aromatic nitrogens is 4. The van der Waals surface area contributed by atoms with Gasteiger partial charge in [0.2, 0.25) is 5.95 Å². The molecule has 0 aliphatic rings. The Balaban J connectivity index is 1.97. The van der Waals surface area contributed by atoms with Crippen molar-refractivity contribution in [2.75, 3.05) is 0 Å². The minimum Gasteiger partial charge on any atom is -0.271 e. The molecule has 0 saturated carbocycles. The molecule has 1 N–H and O–H groups in total. The second-order valence-electron chi connectivity index (χ2n) is 4.26. The summed E-state index contributed by atoms with van der Waals surface area (Å²) in [4.78, 5) is 11.8. The molecule has 0 radical (unpaired) electrons. The molecule has 1 amide bonds. The van der Waals surface area contributed by atoms with Crippen molar-refractivity contribution in [2.24, 2.45) is 5.10 Å². The van der Waals surface area contributed by atoms with Gasteiger partial charge >= 0.3 is 0 Å². The second-order valence-corrected chi connectivity index (χ2v) is 4.69. The summed E-state index contributed by atoms with van der Waals surface area (Å²) in [6, 6.07) is -0.585. The fourth-order valence-corrected chi connectivity index (χ4v) is 1.74. The zero-order valence-corrected chi connectivity index (χ0v) is 12.3. The highest BCUT2D eigenvalue weighted by molar-refractivity contribution is 6.30. The fourth-order valence-electron chi connectivity index (χ4n) is 1.60. The lowest BCUT2D eigenvalue weighted by molar-refractivity contribution is -0.124. The van der Waals surface area contributed by atoms with E-state index in [-0.39, 0.29) is 5.56 Å². The Morgan fingerprint density at radius 1 is 1.57 bits per heavy atom. The van der Waals surface area contributed by atoms with Crippen LogP contribution in [0.15, 0.2) is 23.7 Å². The van der Waals surface area contributed by atoms with E-state index in [9.17, 15) is 9.18 Å². The number of halogens is 2. The summed E-state index contributed by atoms with van der Waals surface area (Å²) in [7, 11) is 0. The zero-order chi connectivity index (χ0) is 15.4. The fraction of sp³-hybridized carbons (Fsp3) is 0.333. The van der Waals surface area contributed by atoms with E-state index in [1.54, 1.807) is 13.8 Å². The first-order valence-electron chi connectivity index (χ1n) is 6.26. The minimum atomic E-state index is -0.585. The Morgan fingerprint density at radius 3 is 2.90 bits per heavy atom. The van der Waals surface area contributed by atoms with Crippen molar-refractivity contribution < 1.29 is 9.18 Å². The Bertz CT molecular complexity index is 665. The van der Waals surface area contributed by atoms with Crippen molar-refractivity contribution in [1.82, 2.24) is 25.0 Å². The highest BCUT2D eigenvalue weighted by Crippen LogP contribution is 2.10. The first-order chi connectivity index (χ1) is 10.0. The van der Waals surface area contributed by atoms with Crippen LogP contribution in [0.5, 0.6) is 0 Å². The van der Waals surface area contributed by atoms with Crippen LogP contribution in [0.1, 0.15) is 25.5 Å². The third-order valence-electron chi connectivity index (χ3n) is 2.83. The monoisotopic (exact) mass is 312 g/mol. The van der Waals surface area contributed by atoms with Gasteiger partial charge in [0.25, 0.3) is 5.91 Å². The molecule has 2 aromatic heterocycles. The summed E-state index contributed by atoms with van der Waals surface area (Å²) in [6.07, 6.45) is 5.50. The first-order valence-corrected chi connectivity index (χ1v) is 6.64. The summed E-state index contributed by atoms with van der Waals surface area (Å²) in [5, 5.41) is 11.9. The van der Waals surface area contributed by atoms with Crippen LogP contribution in [0.25, 0.3) is 0 Å². The quantitative estimate of drug-likeness (QED) is 0.673. The standard InChI is InChI=1S/C12H14ClFN6O/c1-3-19-11(14)9(5-16-19)4-15-18-12(21)8(2)20-7-10(13)6-17-20/h4-8H,3H2,1-2H3,(H,18,21)/b15-4-/t8-/m0/s1. The lowest BCUT2D eigenvalue weighted by Crippen LogP contribution is -2.27. The van der Waals surface area contributed by atoms with Gasteiger partial charge in [-0.05, 0) is 13.8 Å². The molecule has 1 atom stereocenters. The van der Waals surface area contributed by atoms with Crippen LogP contribution in [0.4, 0.5) is 4.39 Å². The molecule has 9 heteroatoms. The Labute approximate surface area is 125 Å². The molecule has 0 unspecified atom stereocenters. The van der Waals surface area contributed by atoms with Crippen LogP contribution in [0, 0.1) is 5.95 Å². The van der Waals surface area contributed by atoms with Gasteiger partial charge in [-0.2, -0.15) is 19.7 Å². The lowest BCUT2D eigenvalue weighted by Gasteiger charge is -2.09. The number of hydrogen-bond acceptors (Lipinski definition) is 4. The van der Waals surface area contributed by atoms with Crippen LogP contribution in [-0.4, -0.2) is 31.7 Å². The number of carbonyl (C=O) groups is 1. The van der Waals surface area contributed by atoms with E-state index in [1.807, 2.05) is 0 Å². The number of amides is 1. The van der Waals surface area contributed by atoms with E-state index in [4.69, 9.17) is 11.6 Å². The van der Waals surface area contributed by atoms with Crippen LogP contribution < -0.4 is 5.43 Å². The van der Waals surface area contributed by atoms with Gasteiger partial charge in [0.05, 0.1) is 29.2 Å². The number of hydrogen-bond donors (Lipinski definition) is 1. The van der Waals surface area contributed by atoms with Crippen LogP contribution >= 0.6 is 11.6 Å². The van der Waals surface area contributed by atoms with Crippen molar-refractivity contribution in [3.05, 3.63) is 35.1 Å². The van der Waals surface area contributed by atoms with Crippen LogP contribution in [0.3, 0.4) is 0 Å². The molecule has 0 spiro atoms. The average molecular weight is 313 g/mol. The predicted octanol–water partition coefficient (Wildman–Crippen LogP) is 1.60. The largest absolute Gasteiger partial charge is 0.271 e. The van der Waals surface area contributed by atoms with Gasteiger partial charge in [-0.15, -0.1) is 0 Å². The maximum absolute atomic E-state index is 13.7. The summed E-state index contributed by atoms with van der Waals surface area (Å²) in [5.74, 6) is -0.892. The third-order valence-corrected chi connectivity index (χ3v) is 3.02. The smallest absolute Gasteiger partial charge is 0.264 e. The molecule has 2 aromatic rings. The van der Waals surface area contributed by atoms with E-state index in [0.717, 1.165) is 0 Å².